The molecule has 1 saturated carbocycles. The van der Waals surface area contributed by atoms with E-state index in [1.54, 1.807) is 4.90 Å². The zero-order valence-corrected chi connectivity index (χ0v) is 24.9. The van der Waals surface area contributed by atoms with Gasteiger partial charge < -0.3 is 15.2 Å². The topological polar surface area (TPSA) is 65.0 Å². The van der Waals surface area contributed by atoms with Crippen LogP contribution in [0.5, 0.6) is 5.75 Å². The number of ether oxygens (including phenoxy) is 1. The van der Waals surface area contributed by atoms with E-state index >= 15 is 0 Å². The highest BCUT2D eigenvalue weighted by atomic mass is 19.4. The van der Waals surface area contributed by atoms with Gasteiger partial charge in [-0.05, 0) is 74.6 Å². The second kappa shape index (κ2) is 12.6. The van der Waals surface area contributed by atoms with Gasteiger partial charge in [0.25, 0.3) is 0 Å². The van der Waals surface area contributed by atoms with Gasteiger partial charge in [-0.2, -0.15) is 13.2 Å². The Hall–Kier alpha value is -3.56. The summed E-state index contributed by atoms with van der Waals surface area (Å²) in [6, 6.07) is 21.4. The Morgan fingerprint density at radius 3 is 2.42 bits per heavy atom. The average molecular weight is 596 g/mol. The van der Waals surface area contributed by atoms with E-state index < -0.39 is 23.4 Å². The number of alkyl halides is 3. The SMILES string of the molecule is CC(C)(C)N(C(=O)O)[C@@H]1CCN(CCN[C@@H]2C[C@H]2c2ccc(OCc3ccccc3)c(-c3ccc(C(F)(F)F)cc3)c2)C1. The smallest absolute Gasteiger partial charge is 0.416 e. The molecular weight excluding hydrogens is 555 g/mol. The first kappa shape index (κ1) is 30.9. The number of carbonyl (C=O) groups is 1. The van der Waals surface area contributed by atoms with Crippen molar-refractivity contribution >= 4 is 6.09 Å². The van der Waals surface area contributed by atoms with Crippen molar-refractivity contribution in [3.63, 3.8) is 0 Å². The van der Waals surface area contributed by atoms with Crippen molar-refractivity contribution in [2.24, 2.45) is 0 Å². The molecule has 0 unspecified atom stereocenters. The van der Waals surface area contributed by atoms with Crippen molar-refractivity contribution in [2.45, 2.75) is 69.9 Å². The molecule has 1 heterocycles. The lowest BCUT2D eigenvalue weighted by Crippen LogP contribution is -2.52. The number of halogens is 3. The average Bonchev–Trinajstić information content (AvgIpc) is 3.59. The molecular formula is C34H40F3N3O3. The quantitative estimate of drug-likeness (QED) is 0.259. The first-order valence-electron chi connectivity index (χ1n) is 14.9. The van der Waals surface area contributed by atoms with E-state index in [1.807, 2.05) is 63.2 Å². The van der Waals surface area contributed by atoms with Crippen LogP contribution in [-0.2, 0) is 12.8 Å². The van der Waals surface area contributed by atoms with Crippen LogP contribution in [0.25, 0.3) is 11.1 Å². The second-order valence-corrected chi connectivity index (χ2v) is 12.6. The van der Waals surface area contributed by atoms with Crippen LogP contribution in [0.4, 0.5) is 18.0 Å². The maximum Gasteiger partial charge on any atom is 0.416 e. The number of likely N-dealkylation sites (tertiary alicyclic amines) is 1. The molecule has 0 aromatic heterocycles. The Morgan fingerprint density at radius 2 is 1.77 bits per heavy atom. The molecule has 43 heavy (non-hydrogen) atoms. The fraction of sp³-hybridized carbons (Fsp3) is 0.441. The Labute approximate surface area is 251 Å². The largest absolute Gasteiger partial charge is 0.488 e. The summed E-state index contributed by atoms with van der Waals surface area (Å²) in [5.41, 5.74) is 2.48. The molecule has 3 aromatic carbocycles. The number of benzene rings is 3. The van der Waals surface area contributed by atoms with E-state index in [0.717, 1.165) is 67.8 Å². The van der Waals surface area contributed by atoms with E-state index in [0.29, 0.717) is 29.9 Å². The Balaban J connectivity index is 1.22. The molecule has 5 rings (SSSR count). The highest BCUT2D eigenvalue weighted by Crippen LogP contribution is 2.44. The molecule has 0 bridgehead atoms. The summed E-state index contributed by atoms with van der Waals surface area (Å²) in [6.45, 7) is 9.43. The molecule has 6 nitrogen and oxygen atoms in total. The van der Waals surface area contributed by atoms with E-state index in [-0.39, 0.29) is 6.04 Å². The number of hydrogen-bond acceptors (Lipinski definition) is 4. The molecule has 2 fully saturated rings. The summed E-state index contributed by atoms with van der Waals surface area (Å²) in [7, 11) is 0. The molecule has 3 aromatic rings. The van der Waals surface area contributed by atoms with Gasteiger partial charge in [0.1, 0.15) is 12.4 Å². The molecule has 1 aliphatic carbocycles. The number of carboxylic acid groups (broad SMARTS) is 1. The predicted octanol–water partition coefficient (Wildman–Crippen LogP) is 7.25. The third kappa shape index (κ3) is 7.70. The van der Waals surface area contributed by atoms with Gasteiger partial charge >= 0.3 is 12.3 Å². The molecule has 1 aliphatic heterocycles. The first-order chi connectivity index (χ1) is 20.4. The van der Waals surface area contributed by atoms with Crippen LogP contribution in [0.2, 0.25) is 0 Å². The Morgan fingerprint density at radius 1 is 1.05 bits per heavy atom. The van der Waals surface area contributed by atoms with E-state index in [9.17, 15) is 23.1 Å². The minimum atomic E-state index is -4.39. The van der Waals surface area contributed by atoms with Crippen molar-refractivity contribution in [2.75, 3.05) is 26.2 Å². The maximum atomic E-state index is 13.2. The number of amides is 1. The number of hydrogen-bond donors (Lipinski definition) is 2. The van der Waals surface area contributed by atoms with Gasteiger partial charge in [-0.15, -0.1) is 0 Å². The molecule has 2 aliphatic rings. The number of rotatable bonds is 10. The van der Waals surface area contributed by atoms with Gasteiger partial charge in [-0.1, -0.05) is 48.5 Å². The summed E-state index contributed by atoms with van der Waals surface area (Å²) in [4.78, 5) is 15.8. The number of nitrogens with one attached hydrogen (secondary N) is 1. The monoisotopic (exact) mass is 595 g/mol. The Kier molecular flexibility index (Phi) is 9.04. The molecule has 0 spiro atoms. The predicted molar refractivity (Wildman–Crippen MR) is 161 cm³/mol. The van der Waals surface area contributed by atoms with Gasteiger partial charge in [-0.3, -0.25) is 9.80 Å². The van der Waals surface area contributed by atoms with Crippen LogP contribution in [0.1, 0.15) is 56.2 Å². The minimum Gasteiger partial charge on any atom is -0.488 e. The molecule has 9 heteroatoms. The van der Waals surface area contributed by atoms with Crippen molar-refractivity contribution in [1.29, 1.82) is 0 Å². The fourth-order valence-corrected chi connectivity index (χ4v) is 6.12. The van der Waals surface area contributed by atoms with Gasteiger partial charge in [0.2, 0.25) is 0 Å². The molecule has 0 radical (unpaired) electrons. The summed E-state index contributed by atoms with van der Waals surface area (Å²) in [5, 5.41) is 13.4. The van der Waals surface area contributed by atoms with Crippen LogP contribution in [0.3, 0.4) is 0 Å². The lowest BCUT2D eigenvalue weighted by Gasteiger charge is -2.38. The van der Waals surface area contributed by atoms with Gasteiger partial charge in [0.05, 0.1) is 5.56 Å². The molecule has 1 saturated heterocycles. The normalized spacial score (nSPS) is 20.7. The van der Waals surface area contributed by atoms with Crippen molar-refractivity contribution in [3.05, 3.63) is 89.5 Å². The van der Waals surface area contributed by atoms with Gasteiger partial charge in [-0.25, -0.2) is 4.79 Å². The molecule has 2 N–H and O–H groups in total. The fourth-order valence-electron chi connectivity index (χ4n) is 6.12. The molecule has 230 valence electrons. The van der Waals surface area contributed by atoms with Crippen LogP contribution < -0.4 is 10.1 Å². The lowest BCUT2D eigenvalue weighted by molar-refractivity contribution is -0.137. The van der Waals surface area contributed by atoms with Crippen LogP contribution in [0, 0.1) is 0 Å². The first-order valence-corrected chi connectivity index (χ1v) is 14.9. The van der Waals surface area contributed by atoms with Gasteiger partial charge in [0.15, 0.2) is 0 Å². The summed E-state index contributed by atoms with van der Waals surface area (Å²) >= 11 is 0. The standard InChI is InChI=1S/C34H40F3N3O3/c1-33(2,3)40(32(41)42)27-15-17-39(21-27)18-16-38-30-20-28(30)25-11-14-31(43-22-23-7-5-4-6-8-23)29(19-25)24-9-12-26(13-10-24)34(35,36)37/h4-14,19,27-28,30,38H,15-18,20-22H2,1-3H3,(H,41,42)/t27-,28+,30-/m1/s1. The highest BCUT2D eigenvalue weighted by Gasteiger charge is 2.39. The molecule has 3 atom stereocenters. The third-order valence-electron chi connectivity index (χ3n) is 8.36. The van der Waals surface area contributed by atoms with Gasteiger partial charge in [0, 0.05) is 55.3 Å². The maximum absolute atomic E-state index is 13.2. The van der Waals surface area contributed by atoms with Crippen molar-refractivity contribution < 1.29 is 27.8 Å². The zero-order valence-electron chi connectivity index (χ0n) is 24.9. The van der Waals surface area contributed by atoms with Crippen LogP contribution in [0.15, 0.2) is 72.8 Å². The third-order valence-corrected chi connectivity index (χ3v) is 8.36. The summed E-state index contributed by atoms with van der Waals surface area (Å²) < 4.78 is 45.8. The van der Waals surface area contributed by atoms with E-state index in [1.165, 1.54) is 12.1 Å². The Bertz CT molecular complexity index is 1390. The van der Waals surface area contributed by atoms with Crippen LogP contribution in [-0.4, -0.2) is 64.8 Å². The number of nitrogens with zero attached hydrogens (tertiary/aromatic N) is 2. The van der Waals surface area contributed by atoms with Crippen LogP contribution >= 0.6 is 0 Å². The van der Waals surface area contributed by atoms with Crippen molar-refractivity contribution in [3.8, 4) is 16.9 Å². The second-order valence-electron chi connectivity index (χ2n) is 12.6. The van der Waals surface area contributed by atoms with E-state index in [4.69, 9.17) is 4.74 Å². The lowest BCUT2D eigenvalue weighted by atomic mass is 9.98. The highest BCUT2D eigenvalue weighted by molar-refractivity contribution is 5.72. The molecule has 1 amide bonds. The summed E-state index contributed by atoms with van der Waals surface area (Å²) in [5.74, 6) is 0.942. The minimum absolute atomic E-state index is 0.00239. The summed E-state index contributed by atoms with van der Waals surface area (Å²) in [6.07, 6.45) is -3.44. The van der Waals surface area contributed by atoms with Crippen molar-refractivity contribution in [1.82, 2.24) is 15.1 Å². The van der Waals surface area contributed by atoms with E-state index in [2.05, 4.69) is 16.3 Å². The zero-order chi connectivity index (χ0) is 30.8.